The first kappa shape index (κ1) is 10.6. The molecular formula is C9H5BrN2O4. The molecule has 0 aliphatic carbocycles. The Hall–Kier alpha value is -1.89. The van der Waals surface area contributed by atoms with Gasteiger partial charge in [0.1, 0.15) is 0 Å². The lowest BCUT2D eigenvalue weighted by atomic mass is 10.2. The number of carbonyl (C=O) groups is 1. The number of halogens is 1. The van der Waals surface area contributed by atoms with Crippen molar-refractivity contribution in [3.63, 3.8) is 0 Å². The normalized spacial score (nSPS) is 10.6. The third-order valence-corrected chi connectivity index (χ3v) is 2.73. The first-order chi connectivity index (χ1) is 7.52. The second kappa shape index (κ2) is 3.60. The summed E-state index contributed by atoms with van der Waals surface area (Å²) in [7, 11) is 0. The number of benzene rings is 1. The summed E-state index contributed by atoms with van der Waals surface area (Å²) in [6.07, 6.45) is -1.61. The monoisotopic (exact) mass is 284 g/mol. The van der Waals surface area contributed by atoms with Gasteiger partial charge in [0.05, 0.1) is 10.9 Å². The first-order valence-corrected chi connectivity index (χ1v) is 4.98. The summed E-state index contributed by atoms with van der Waals surface area (Å²) in [6, 6.07) is 4.75. The van der Waals surface area contributed by atoms with Crippen LogP contribution in [-0.2, 0) is 0 Å². The van der Waals surface area contributed by atoms with Crippen LogP contribution in [0.5, 0.6) is 0 Å². The third-order valence-electron chi connectivity index (χ3n) is 2.07. The molecule has 82 valence electrons. The molecule has 2 N–H and O–H groups in total. The Labute approximate surface area is 96.3 Å². The minimum atomic E-state index is -1.61. The maximum Gasteiger partial charge on any atom is 0.422 e. The summed E-state index contributed by atoms with van der Waals surface area (Å²) in [5.41, 5.74) is -1.54. The third kappa shape index (κ3) is 1.45. The van der Waals surface area contributed by atoms with Crippen LogP contribution in [0.25, 0.3) is 10.9 Å². The molecular weight excluding hydrogens is 280 g/mol. The highest BCUT2D eigenvalue weighted by Crippen LogP contribution is 2.17. The van der Waals surface area contributed by atoms with Gasteiger partial charge in [0, 0.05) is 4.47 Å². The Bertz CT molecular complexity index is 701. The Kier molecular flexibility index (Phi) is 2.39. The van der Waals surface area contributed by atoms with Gasteiger partial charge >= 0.3 is 11.8 Å². The molecule has 2 rings (SSSR count). The summed E-state index contributed by atoms with van der Waals surface area (Å²) < 4.78 is 0.564. The van der Waals surface area contributed by atoms with E-state index in [9.17, 15) is 14.4 Å². The van der Waals surface area contributed by atoms with E-state index in [1.54, 1.807) is 12.1 Å². The number of carboxylic acid groups (broad SMARTS) is 1. The molecule has 0 spiro atoms. The summed E-state index contributed by atoms with van der Waals surface area (Å²) in [4.78, 5) is 36.1. The number of nitrogens with one attached hydrogen (secondary N) is 1. The van der Waals surface area contributed by atoms with Crippen LogP contribution in [-0.4, -0.2) is 20.8 Å². The van der Waals surface area contributed by atoms with E-state index >= 15 is 0 Å². The summed E-state index contributed by atoms with van der Waals surface area (Å²) >= 11 is 3.13. The lowest BCUT2D eigenvalue weighted by Crippen LogP contribution is -2.39. The molecule has 0 amide bonds. The molecule has 0 atom stereocenters. The zero-order valence-corrected chi connectivity index (χ0v) is 9.32. The minimum Gasteiger partial charge on any atom is -0.464 e. The van der Waals surface area contributed by atoms with E-state index in [0.29, 0.717) is 9.99 Å². The van der Waals surface area contributed by atoms with E-state index in [-0.39, 0.29) is 9.95 Å². The van der Waals surface area contributed by atoms with Crippen molar-refractivity contribution in [1.29, 1.82) is 0 Å². The number of H-pyrrole nitrogens is 1. The molecule has 0 bridgehead atoms. The van der Waals surface area contributed by atoms with E-state index in [1.807, 2.05) is 0 Å². The fourth-order valence-electron chi connectivity index (χ4n) is 1.39. The maximum atomic E-state index is 11.7. The van der Waals surface area contributed by atoms with Gasteiger partial charge in [0.2, 0.25) is 0 Å². The lowest BCUT2D eigenvalue weighted by Gasteiger charge is -2.02. The Balaban J connectivity index is 3.10. The number of fused-ring (bicyclic) bond motifs is 1. The number of rotatable bonds is 0. The highest BCUT2D eigenvalue weighted by atomic mass is 79.9. The number of nitrogens with zero attached hydrogens (tertiary/aromatic N) is 1. The summed E-state index contributed by atoms with van der Waals surface area (Å²) in [6.45, 7) is 0. The van der Waals surface area contributed by atoms with Crippen LogP contribution < -0.4 is 11.2 Å². The van der Waals surface area contributed by atoms with Crippen molar-refractivity contribution in [3.05, 3.63) is 43.5 Å². The van der Waals surface area contributed by atoms with Crippen LogP contribution in [0.3, 0.4) is 0 Å². The van der Waals surface area contributed by atoms with E-state index in [2.05, 4.69) is 20.9 Å². The molecule has 1 aromatic carbocycles. The minimum absolute atomic E-state index is 0.129. The quantitative estimate of drug-likeness (QED) is 0.754. The van der Waals surface area contributed by atoms with Gasteiger partial charge in [0.15, 0.2) is 0 Å². The van der Waals surface area contributed by atoms with Crippen molar-refractivity contribution in [1.82, 2.24) is 9.55 Å². The second-order valence-corrected chi connectivity index (χ2v) is 3.87. The smallest absolute Gasteiger partial charge is 0.422 e. The molecule has 7 heteroatoms. The van der Waals surface area contributed by atoms with Crippen LogP contribution in [0.2, 0.25) is 0 Å². The average Bonchev–Trinajstić information content (AvgIpc) is 2.15. The standard InChI is InChI=1S/C9H5BrN2O4/c10-4-2-1-3-5-6(4)7(13)12(9(15)16)8(14)11-5/h1-3H,(H,11,14)(H,15,16). The molecule has 0 saturated heterocycles. The van der Waals surface area contributed by atoms with Crippen molar-refractivity contribution in [2.24, 2.45) is 0 Å². The van der Waals surface area contributed by atoms with Gasteiger partial charge in [-0.25, -0.2) is 9.59 Å². The Morgan fingerprint density at radius 3 is 2.69 bits per heavy atom. The summed E-state index contributed by atoms with van der Waals surface area (Å²) in [5.74, 6) is 0. The van der Waals surface area contributed by atoms with Crippen LogP contribution in [0.4, 0.5) is 4.79 Å². The van der Waals surface area contributed by atoms with Gasteiger partial charge in [-0.3, -0.25) is 4.79 Å². The predicted octanol–water partition coefficient (Wildman–Crippen LogP) is 0.978. The number of aromatic amines is 1. The first-order valence-electron chi connectivity index (χ1n) is 4.19. The van der Waals surface area contributed by atoms with Gasteiger partial charge in [-0.1, -0.05) is 6.07 Å². The molecule has 1 aromatic heterocycles. The zero-order chi connectivity index (χ0) is 11.9. The number of aromatic nitrogens is 2. The van der Waals surface area contributed by atoms with Crippen LogP contribution in [0, 0.1) is 0 Å². The maximum absolute atomic E-state index is 11.7. The van der Waals surface area contributed by atoms with E-state index in [1.165, 1.54) is 6.07 Å². The number of hydrogen-bond acceptors (Lipinski definition) is 3. The Morgan fingerprint density at radius 1 is 1.38 bits per heavy atom. The van der Waals surface area contributed by atoms with Gasteiger partial charge in [-0.15, -0.1) is 0 Å². The summed E-state index contributed by atoms with van der Waals surface area (Å²) in [5, 5.41) is 8.85. The molecule has 0 unspecified atom stereocenters. The molecule has 16 heavy (non-hydrogen) atoms. The number of hydrogen-bond donors (Lipinski definition) is 2. The molecule has 0 radical (unpaired) electrons. The van der Waals surface area contributed by atoms with Gasteiger partial charge in [-0.05, 0) is 28.1 Å². The SMILES string of the molecule is O=C(O)n1c(=O)[nH]c2cccc(Br)c2c1=O. The van der Waals surface area contributed by atoms with Gasteiger partial charge in [0.25, 0.3) is 5.56 Å². The molecule has 0 saturated carbocycles. The average molecular weight is 285 g/mol. The van der Waals surface area contributed by atoms with Crippen molar-refractivity contribution < 1.29 is 9.90 Å². The van der Waals surface area contributed by atoms with Gasteiger partial charge < -0.3 is 10.1 Å². The molecule has 0 aliphatic rings. The highest BCUT2D eigenvalue weighted by Gasteiger charge is 2.14. The topological polar surface area (TPSA) is 92.2 Å². The van der Waals surface area contributed by atoms with E-state index < -0.39 is 17.3 Å². The fourth-order valence-corrected chi connectivity index (χ4v) is 1.93. The lowest BCUT2D eigenvalue weighted by molar-refractivity contribution is 0.194. The predicted molar refractivity (Wildman–Crippen MR) is 60.0 cm³/mol. The Morgan fingerprint density at radius 2 is 2.06 bits per heavy atom. The van der Waals surface area contributed by atoms with Gasteiger partial charge in [-0.2, -0.15) is 4.57 Å². The highest BCUT2D eigenvalue weighted by molar-refractivity contribution is 9.10. The molecule has 1 heterocycles. The molecule has 0 fully saturated rings. The van der Waals surface area contributed by atoms with Crippen molar-refractivity contribution in [3.8, 4) is 0 Å². The fraction of sp³-hybridized carbons (Fsp3) is 0. The zero-order valence-electron chi connectivity index (χ0n) is 7.73. The second-order valence-electron chi connectivity index (χ2n) is 3.02. The van der Waals surface area contributed by atoms with Crippen LogP contribution in [0.15, 0.2) is 32.3 Å². The van der Waals surface area contributed by atoms with Crippen molar-refractivity contribution in [2.75, 3.05) is 0 Å². The van der Waals surface area contributed by atoms with E-state index in [4.69, 9.17) is 5.11 Å². The van der Waals surface area contributed by atoms with Crippen LogP contribution >= 0.6 is 15.9 Å². The van der Waals surface area contributed by atoms with E-state index in [0.717, 1.165) is 0 Å². The molecule has 0 aliphatic heterocycles. The molecule has 2 aromatic rings. The van der Waals surface area contributed by atoms with Crippen molar-refractivity contribution in [2.45, 2.75) is 0 Å². The largest absolute Gasteiger partial charge is 0.464 e. The van der Waals surface area contributed by atoms with Crippen molar-refractivity contribution >= 4 is 32.9 Å². The molecule has 6 nitrogen and oxygen atoms in total. The van der Waals surface area contributed by atoms with Crippen LogP contribution in [0.1, 0.15) is 0 Å².